The average Bonchev–Trinajstić information content (AvgIpc) is 2.10. The minimum absolute atomic E-state index is 0.261. The van der Waals surface area contributed by atoms with Crippen LogP contribution in [0.3, 0.4) is 0 Å². The van der Waals surface area contributed by atoms with Crippen LogP contribution in [-0.2, 0) is 0 Å². The molecular formula is C13H21NO. The summed E-state index contributed by atoms with van der Waals surface area (Å²) < 4.78 is 5.70. The lowest BCUT2D eigenvalue weighted by molar-refractivity contribution is 0.225. The van der Waals surface area contributed by atoms with Crippen LogP contribution in [0.15, 0.2) is 12.1 Å². The zero-order valence-electron chi connectivity index (χ0n) is 10.3. The average molecular weight is 207 g/mol. The Morgan fingerprint density at radius 1 is 1.07 bits per heavy atom. The molecule has 0 bridgehead atoms. The molecule has 1 atom stereocenters. The molecule has 0 radical (unpaired) electrons. The Bertz CT molecular complexity index is 343. The molecule has 0 fully saturated rings. The predicted molar refractivity (Wildman–Crippen MR) is 64.3 cm³/mol. The third-order valence-corrected chi connectivity index (χ3v) is 2.49. The van der Waals surface area contributed by atoms with E-state index in [1.165, 1.54) is 11.1 Å². The van der Waals surface area contributed by atoms with Gasteiger partial charge in [-0.1, -0.05) is 26.0 Å². The van der Waals surface area contributed by atoms with Gasteiger partial charge >= 0.3 is 0 Å². The molecule has 0 aliphatic rings. The van der Waals surface area contributed by atoms with Gasteiger partial charge in [-0.05, 0) is 43.4 Å². The highest BCUT2D eigenvalue weighted by molar-refractivity contribution is 5.47. The second kappa shape index (κ2) is 4.67. The van der Waals surface area contributed by atoms with E-state index in [0.29, 0.717) is 5.92 Å². The van der Waals surface area contributed by atoms with Crippen molar-refractivity contribution in [2.75, 3.05) is 0 Å². The maximum Gasteiger partial charge on any atom is 0.144 e. The summed E-state index contributed by atoms with van der Waals surface area (Å²) in [5.41, 5.74) is 9.38. The van der Waals surface area contributed by atoms with Crippen molar-refractivity contribution in [2.45, 2.75) is 46.8 Å². The summed E-state index contributed by atoms with van der Waals surface area (Å²) >= 11 is 0. The van der Waals surface area contributed by atoms with Gasteiger partial charge in [-0.15, -0.1) is 0 Å². The van der Waals surface area contributed by atoms with Crippen molar-refractivity contribution in [3.05, 3.63) is 28.8 Å². The van der Waals surface area contributed by atoms with Gasteiger partial charge < -0.3 is 4.74 Å². The van der Waals surface area contributed by atoms with Crippen LogP contribution >= 0.6 is 0 Å². The second-order valence-electron chi connectivity index (χ2n) is 4.42. The zero-order valence-corrected chi connectivity index (χ0v) is 10.3. The van der Waals surface area contributed by atoms with Gasteiger partial charge in [0.1, 0.15) is 12.0 Å². The maximum atomic E-state index is 5.70. The molecule has 1 aromatic carbocycles. The van der Waals surface area contributed by atoms with Crippen LogP contribution < -0.4 is 10.5 Å². The largest absolute Gasteiger partial charge is 0.475 e. The fourth-order valence-corrected chi connectivity index (χ4v) is 1.87. The topological polar surface area (TPSA) is 35.2 Å². The Balaban J connectivity index is 3.25. The van der Waals surface area contributed by atoms with E-state index in [4.69, 9.17) is 10.5 Å². The second-order valence-corrected chi connectivity index (χ2v) is 4.42. The summed E-state index contributed by atoms with van der Waals surface area (Å²) in [6, 6.07) is 4.22. The van der Waals surface area contributed by atoms with E-state index >= 15 is 0 Å². The molecule has 0 amide bonds. The van der Waals surface area contributed by atoms with Crippen LogP contribution in [0.2, 0.25) is 0 Å². The van der Waals surface area contributed by atoms with Gasteiger partial charge in [-0.2, -0.15) is 0 Å². The molecule has 0 aromatic heterocycles. The molecule has 15 heavy (non-hydrogen) atoms. The van der Waals surface area contributed by atoms with E-state index < -0.39 is 0 Å². The number of aryl methyl sites for hydroxylation is 2. The van der Waals surface area contributed by atoms with Gasteiger partial charge in [-0.25, -0.2) is 0 Å². The first-order chi connectivity index (χ1) is 6.93. The lowest BCUT2D eigenvalue weighted by Crippen LogP contribution is -2.23. The van der Waals surface area contributed by atoms with E-state index in [-0.39, 0.29) is 6.23 Å². The molecule has 1 aromatic rings. The van der Waals surface area contributed by atoms with Gasteiger partial charge in [0.2, 0.25) is 0 Å². The molecule has 1 unspecified atom stereocenters. The summed E-state index contributed by atoms with van der Waals surface area (Å²) in [5.74, 6) is 1.42. The number of rotatable bonds is 3. The number of benzene rings is 1. The predicted octanol–water partition coefficient (Wildman–Crippen LogP) is 3.11. The van der Waals surface area contributed by atoms with Gasteiger partial charge in [0.15, 0.2) is 0 Å². The van der Waals surface area contributed by atoms with Gasteiger partial charge in [0.05, 0.1) is 0 Å². The smallest absolute Gasteiger partial charge is 0.144 e. The number of hydrogen-bond donors (Lipinski definition) is 1. The SMILES string of the molecule is Cc1ccc(C)c(C(C)C)c1OC(C)N. The Labute approximate surface area is 92.4 Å². The summed E-state index contributed by atoms with van der Waals surface area (Å²) in [7, 11) is 0. The van der Waals surface area contributed by atoms with Gasteiger partial charge in [-0.3, -0.25) is 5.73 Å². The first-order valence-corrected chi connectivity index (χ1v) is 5.45. The molecule has 1 rings (SSSR count). The van der Waals surface area contributed by atoms with Crippen LogP contribution in [-0.4, -0.2) is 6.23 Å². The van der Waals surface area contributed by atoms with Gasteiger partial charge in [0.25, 0.3) is 0 Å². The molecule has 2 heteroatoms. The van der Waals surface area contributed by atoms with Crippen molar-refractivity contribution in [3.8, 4) is 5.75 Å². The molecular weight excluding hydrogens is 186 g/mol. The Kier molecular flexibility index (Phi) is 3.75. The lowest BCUT2D eigenvalue weighted by atomic mass is 9.94. The van der Waals surface area contributed by atoms with Crippen molar-refractivity contribution in [3.63, 3.8) is 0 Å². The van der Waals surface area contributed by atoms with E-state index in [0.717, 1.165) is 11.3 Å². The molecule has 0 saturated heterocycles. The standard InChI is InChI=1S/C13H21NO/c1-8(2)12-9(3)6-7-10(4)13(12)15-11(5)14/h6-8,11H,14H2,1-5H3. The molecule has 0 saturated carbocycles. The van der Waals surface area contributed by atoms with E-state index in [1.54, 1.807) is 0 Å². The normalized spacial score (nSPS) is 13.0. The van der Waals surface area contributed by atoms with Crippen molar-refractivity contribution < 1.29 is 4.74 Å². The van der Waals surface area contributed by atoms with Crippen LogP contribution in [0.25, 0.3) is 0 Å². The number of nitrogens with two attached hydrogens (primary N) is 1. The molecule has 2 N–H and O–H groups in total. The lowest BCUT2D eigenvalue weighted by Gasteiger charge is -2.20. The minimum Gasteiger partial charge on any atom is -0.475 e. The molecule has 0 heterocycles. The van der Waals surface area contributed by atoms with Crippen molar-refractivity contribution in [2.24, 2.45) is 5.73 Å². The zero-order chi connectivity index (χ0) is 11.6. The Hall–Kier alpha value is -1.02. The van der Waals surface area contributed by atoms with Crippen LogP contribution in [0, 0.1) is 13.8 Å². The summed E-state index contributed by atoms with van der Waals surface area (Å²) in [6.45, 7) is 10.4. The van der Waals surface area contributed by atoms with Crippen molar-refractivity contribution in [1.82, 2.24) is 0 Å². The summed E-state index contributed by atoms with van der Waals surface area (Å²) in [5, 5.41) is 0. The molecule has 0 aliphatic carbocycles. The Morgan fingerprint density at radius 2 is 1.60 bits per heavy atom. The fourth-order valence-electron chi connectivity index (χ4n) is 1.87. The number of ether oxygens (including phenoxy) is 1. The maximum absolute atomic E-state index is 5.70. The highest BCUT2D eigenvalue weighted by atomic mass is 16.5. The van der Waals surface area contributed by atoms with Gasteiger partial charge in [0, 0.05) is 0 Å². The van der Waals surface area contributed by atoms with E-state index in [2.05, 4.69) is 39.8 Å². The first-order valence-electron chi connectivity index (χ1n) is 5.45. The quantitative estimate of drug-likeness (QED) is 0.773. The van der Waals surface area contributed by atoms with E-state index in [1.807, 2.05) is 6.92 Å². The van der Waals surface area contributed by atoms with Crippen LogP contribution in [0.5, 0.6) is 5.75 Å². The molecule has 84 valence electrons. The van der Waals surface area contributed by atoms with Crippen LogP contribution in [0.4, 0.5) is 0 Å². The molecule has 0 aliphatic heterocycles. The molecule has 0 spiro atoms. The first kappa shape index (κ1) is 12.1. The number of hydrogen-bond acceptors (Lipinski definition) is 2. The summed E-state index contributed by atoms with van der Waals surface area (Å²) in [4.78, 5) is 0. The third-order valence-electron chi connectivity index (χ3n) is 2.49. The van der Waals surface area contributed by atoms with Crippen molar-refractivity contribution in [1.29, 1.82) is 0 Å². The van der Waals surface area contributed by atoms with Crippen molar-refractivity contribution >= 4 is 0 Å². The highest BCUT2D eigenvalue weighted by Crippen LogP contribution is 2.33. The molecule has 2 nitrogen and oxygen atoms in total. The van der Waals surface area contributed by atoms with Crippen LogP contribution in [0.1, 0.15) is 43.4 Å². The minimum atomic E-state index is -0.261. The highest BCUT2D eigenvalue weighted by Gasteiger charge is 2.14. The summed E-state index contributed by atoms with van der Waals surface area (Å²) in [6.07, 6.45) is -0.261. The van der Waals surface area contributed by atoms with E-state index in [9.17, 15) is 0 Å². The Morgan fingerprint density at radius 3 is 2.07 bits per heavy atom. The third kappa shape index (κ3) is 2.72. The monoisotopic (exact) mass is 207 g/mol. The fraction of sp³-hybridized carbons (Fsp3) is 0.538.